The first kappa shape index (κ1) is 17.1. The minimum atomic E-state index is -0.483. The zero-order chi connectivity index (χ0) is 15.9. The Bertz CT molecular complexity index is 542. The molecule has 0 atom stereocenters. The van der Waals surface area contributed by atoms with Crippen LogP contribution in [-0.2, 0) is 20.7 Å². The van der Waals surface area contributed by atoms with Gasteiger partial charge in [0.05, 0.1) is 6.42 Å². The molecule has 0 aromatic heterocycles. The van der Waals surface area contributed by atoms with Crippen LogP contribution in [-0.4, -0.2) is 24.5 Å². The summed E-state index contributed by atoms with van der Waals surface area (Å²) in [4.78, 5) is 23.5. The summed E-state index contributed by atoms with van der Waals surface area (Å²) >= 11 is 11.8. The Labute approximate surface area is 140 Å². The number of esters is 1. The molecule has 4 nitrogen and oxygen atoms in total. The van der Waals surface area contributed by atoms with Gasteiger partial charge in [0.25, 0.3) is 5.91 Å². The van der Waals surface area contributed by atoms with Crippen molar-refractivity contribution in [2.24, 2.45) is 0 Å². The van der Waals surface area contributed by atoms with Crippen LogP contribution in [0.25, 0.3) is 0 Å². The maximum atomic E-state index is 11.8. The number of hydrogen-bond acceptors (Lipinski definition) is 3. The number of carbonyl (C=O) groups excluding carboxylic acids is 2. The van der Waals surface area contributed by atoms with Crippen molar-refractivity contribution in [3.63, 3.8) is 0 Å². The molecule has 1 N–H and O–H groups in total. The third kappa shape index (κ3) is 5.50. The Balaban J connectivity index is 1.73. The van der Waals surface area contributed by atoms with Crippen LogP contribution in [0.1, 0.15) is 37.7 Å². The van der Waals surface area contributed by atoms with Crippen molar-refractivity contribution < 1.29 is 14.3 Å². The molecule has 0 spiro atoms. The predicted octanol–water partition coefficient (Wildman–Crippen LogP) is 3.53. The van der Waals surface area contributed by atoms with Crippen LogP contribution in [0.5, 0.6) is 0 Å². The van der Waals surface area contributed by atoms with Crippen LogP contribution < -0.4 is 5.32 Å². The normalized spacial score (nSPS) is 15.4. The van der Waals surface area contributed by atoms with Crippen molar-refractivity contribution in [3.05, 3.63) is 33.8 Å². The molecule has 0 saturated heterocycles. The van der Waals surface area contributed by atoms with Crippen LogP contribution in [0.15, 0.2) is 18.2 Å². The van der Waals surface area contributed by atoms with Crippen LogP contribution >= 0.6 is 23.2 Å². The number of rotatable bonds is 5. The van der Waals surface area contributed by atoms with Crippen LogP contribution in [0.2, 0.25) is 10.0 Å². The fraction of sp³-hybridized carbons (Fsp3) is 0.500. The van der Waals surface area contributed by atoms with E-state index in [9.17, 15) is 9.59 Å². The minimum absolute atomic E-state index is 0.0205. The average Bonchev–Trinajstić information content (AvgIpc) is 2.49. The van der Waals surface area contributed by atoms with Gasteiger partial charge in [-0.3, -0.25) is 9.59 Å². The van der Waals surface area contributed by atoms with Gasteiger partial charge in [-0.25, -0.2) is 0 Å². The van der Waals surface area contributed by atoms with E-state index < -0.39 is 5.97 Å². The number of nitrogens with one attached hydrogen (secondary N) is 1. The monoisotopic (exact) mass is 343 g/mol. The Morgan fingerprint density at radius 2 is 1.91 bits per heavy atom. The zero-order valence-electron chi connectivity index (χ0n) is 12.2. The van der Waals surface area contributed by atoms with Crippen molar-refractivity contribution in [2.75, 3.05) is 6.61 Å². The van der Waals surface area contributed by atoms with Crippen LogP contribution in [0.3, 0.4) is 0 Å². The molecule has 1 aromatic rings. The molecule has 0 radical (unpaired) electrons. The average molecular weight is 344 g/mol. The molecule has 1 aromatic carbocycles. The van der Waals surface area contributed by atoms with Crippen molar-refractivity contribution in [2.45, 2.75) is 44.6 Å². The fourth-order valence-electron chi connectivity index (χ4n) is 2.53. The molecule has 0 unspecified atom stereocenters. The second kappa shape index (κ2) is 8.39. The SMILES string of the molecule is O=C(COC(=O)Cc1ccc(Cl)cc1Cl)NC1CCCCC1. The third-order valence-corrected chi connectivity index (χ3v) is 4.27. The fourth-order valence-corrected chi connectivity index (χ4v) is 3.01. The Morgan fingerprint density at radius 3 is 2.59 bits per heavy atom. The molecule has 1 saturated carbocycles. The lowest BCUT2D eigenvalue weighted by molar-refractivity contribution is -0.148. The van der Waals surface area contributed by atoms with Crippen molar-refractivity contribution in [1.82, 2.24) is 5.32 Å². The second-order valence-electron chi connectivity index (χ2n) is 5.48. The summed E-state index contributed by atoms with van der Waals surface area (Å²) in [6.45, 7) is -0.249. The molecule has 2 rings (SSSR count). The molecule has 1 amide bonds. The molecule has 120 valence electrons. The number of carbonyl (C=O) groups is 2. The first-order valence-corrected chi connectivity index (χ1v) is 8.19. The minimum Gasteiger partial charge on any atom is -0.455 e. The van der Waals surface area contributed by atoms with Gasteiger partial charge >= 0.3 is 5.97 Å². The van der Waals surface area contributed by atoms with Gasteiger partial charge in [0.15, 0.2) is 6.61 Å². The van der Waals surface area contributed by atoms with Gasteiger partial charge in [-0.05, 0) is 30.5 Å². The van der Waals surface area contributed by atoms with Crippen molar-refractivity contribution in [3.8, 4) is 0 Å². The number of hydrogen-bond donors (Lipinski definition) is 1. The number of amides is 1. The van der Waals surface area contributed by atoms with E-state index in [1.165, 1.54) is 6.42 Å². The topological polar surface area (TPSA) is 55.4 Å². The molecule has 0 aliphatic heterocycles. The maximum Gasteiger partial charge on any atom is 0.310 e. The zero-order valence-corrected chi connectivity index (χ0v) is 13.8. The second-order valence-corrected chi connectivity index (χ2v) is 6.32. The van der Waals surface area contributed by atoms with E-state index in [0.29, 0.717) is 15.6 Å². The molecule has 0 heterocycles. The summed E-state index contributed by atoms with van der Waals surface area (Å²) in [6, 6.07) is 5.12. The Hall–Kier alpha value is -1.26. The highest BCUT2D eigenvalue weighted by atomic mass is 35.5. The van der Waals surface area contributed by atoms with Gasteiger partial charge in [-0.1, -0.05) is 48.5 Å². The summed E-state index contributed by atoms with van der Waals surface area (Å²) in [5, 5.41) is 3.82. The van der Waals surface area contributed by atoms with Crippen molar-refractivity contribution in [1.29, 1.82) is 0 Å². The summed E-state index contributed by atoms with van der Waals surface area (Å²) in [5.41, 5.74) is 0.628. The molecular weight excluding hydrogens is 325 g/mol. The van der Waals surface area contributed by atoms with Crippen LogP contribution in [0.4, 0.5) is 0 Å². The number of ether oxygens (including phenoxy) is 1. The maximum absolute atomic E-state index is 11.8. The quantitative estimate of drug-likeness (QED) is 0.832. The summed E-state index contributed by atoms with van der Waals surface area (Å²) in [6.07, 6.45) is 5.52. The van der Waals surface area contributed by atoms with Crippen molar-refractivity contribution >= 4 is 35.1 Å². The van der Waals surface area contributed by atoms with E-state index in [1.807, 2.05) is 0 Å². The van der Waals surface area contributed by atoms with E-state index in [2.05, 4.69) is 5.32 Å². The van der Waals surface area contributed by atoms with E-state index in [0.717, 1.165) is 25.7 Å². The van der Waals surface area contributed by atoms with Gasteiger partial charge in [0, 0.05) is 16.1 Å². The van der Waals surface area contributed by atoms with E-state index >= 15 is 0 Å². The Kier molecular flexibility index (Phi) is 6.52. The van der Waals surface area contributed by atoms with Crippen LogP contribution in [0, 0.1) is 0 Å². The van der Waals surface area contributed by atoms with E-state index in [4.69, 9.17) is 27.9 Å². The molecule has 1 fully saturated rings. The molecular formula is C16H19Cl2NO3. The van der Waals surface area contributed by atoms with Gasteiger partial charge in [-0.15, -0.1) is 0 Å². The highest BCUT2D eigenvalue weighted by Crippen LogP contribution is 2.21. The lowest BCUT2D eigenvalue weighted by Gasteiger charge is -2.22. The smallest absolute Gasteiger partial charge is 0.310 e. The molecule has 6 heteroatoms. The largest absolute Gasteiger partial charge is 0.455 e. The first-order valence-electron chi connectivity index (χ1n) is 7.43. The van der Waals surface area contributed by atoms with Gasteiger partial charge < -0.3 is 10.1 Å². The standard InChI is InChI=1S/C16H19Cl2NO3/c17-12-7-6-11(14(18)9-12)8-16(21)22-10-15(20)19-13-4-2-1-3-5-13/h6-7,9,13H,1-5,8,10H2,(H,19,20). The molecule has 1 aliphatic carbocycles. The summed E-state index contributed by atoms with van der Waals surface area (Å²) in [5.74, 6) is -0.731. The highest BCUT2D eigenvalue weighted by molar-refractivity contribution is 6.35. The molecule has 22 heavy (non-hydrogen) atoms. The Morgan fingerprint density at radius 1 is 1.18 bits per heavy atom. The van der Waals surface area contributed by atoms with E-state index in [1.54, 1.807) is 18.2 Å². The van der Waals surface area contributed by atoms with Gasteiger partial charge in [-0.2, -0.15) is 0 Å². The van der Waals surface area contributed by atoms with Gasteiger partial charge in [0.2, 0.25) is 0 Å². The number of benzene rings is 1. The third-order valence-electron chi connectivity index (χ3n) is 3.68. The predicted molar refractivity (Wildman–Crippen MR) is 86.1 cm³/mol. The number of halogens is 2. The van der Waals surface area contributed by atoms with E-state index in [-0.39, 0.29) is 25.0 Å². The lowest BCUT2D eigenvalue weighted by atomic mass is 9.95. The first-order chi connectivity index (χ1) is 10.5. The molecule has 1 aliphatic rings. The summed E-state index contributed by atoms with van der Waals surface area (Å²) < 4.78 is 4.99. The molecule has 0 bridgehead atoms. The highest BCUT2D eigenvalue weighted by Gasteiger charge is 2.17. The van der Waals surface area contributed by atoms with Gasteiger partial charge in [0.1, 0.15) is 0 Å². The summed E-state index contributed by atoms with van der Waals surface area (Å²) in [7, 11) is 0. The lowest BCUT2D eigenvalue weighted by Crippen LogP contribution is -2.38.